The minimum Gasteiger partial charge on any atom is -0.494 e. The standard InChI is InChI=1S/C15H17FN2O/c1-17-14(12-5-7-18-8-6-12)10-11-3-4-15(19-2)13(16)9-11/h3-9,14,17H,10H2,1-2H3. The second-order valence-corrected chi connectivity index (χ2v) is 4.29. The Morgan fingerprint density at radius 1 is 1.26 bits per heavy atom. The maximum atomic E-state index is 13.7. The van der Waals surface area contributed by atoms with Crippen molar-refractivity contribution in [1.82, 2.24) is 10.3 Å². The van der Waals surface area contributed by atoms with Gasteiger partial charge in [0.05, 0.1) is 7.11 Å². The van der Waals surface area contributed by atoms with E-state index in [2.05, 4.69) is 10.3 Å². The number of halogens is 1. The third-order valence-corrected chi connectivity index (χ3v) is 3.11. The summed E-state index contributed by atoms with van der Waals surface area (Å²) in [5.41, 5.74) is 2.06. The lowest BCUT2D eigenvalue weighted by Gasteiger charge is -2.17. The van der Waals surface area contributed by atoms with Gasteiger partial charge in [-0.3, -0.25) is 4.98 Å². The first kappa shape index (κ1) is 13.5. The van der Waals surface area contributed by atoms with Crippen LogP contribution in [0, 0.1) is 5.82 Å². The van der Waals surface area contributed by atoms with Crippen molar-refractivity contribution >= 4 is 0 Å². The van der Waals surface area contributed by atoms with Crippen LogP contribution in [0.4, 0.5) is 4.39 Å². The van der Waals surface area contributed by atoms with Gasteiger partial charge in [-0.1, -0.05) is 6.07 Å². The molecule has 1 aromatic carbocycles. The quantitative estimate of drug-likeness (QED) is 0.897. The van der Waals surface area contributed by atoms with E-state index in [9.17, 15) is 4.39 Å². The Kier molecular flexibility index (Phi) is 4.47. The monoisotopic (exact) mass is 260 g/mol. The molecule has 1 aromatic heterocycles. The molecule has 0 bridgehead atoms. The molecule has 1 atom stereocenters. The van der Waals surface area contributed by atoms with Crippen LogP contribution in [0.25, 0.3) is 0 Å². The molecule has 0 fully saturated rings. The fourth-order valence-electron chi connectivity index (χ4n) is 2.05. The summed E-state index contributed by atoms with van der Waals surface area (Å²) in [4.78, 5) is 4.00. The van der Waals surface area contributed by atoms with Gasteiger partial charge in [0.25, 0.3) is 0 Å². The number of methoxy groups -OCH3 is 1. The smallest absolute Gasteiger partial charge is 0.165 e. The van der Waals surface area contributed by atoms with Gasteiger partial charge < -0.3 is 10.1 Å². The minimum atomic E-state index is -0.329. The van der Waals surface area contributed by atoms with E-state index >= 15 is 0 Å². The molecule has 0 aliphatic heterocycles. The van der Waals surface area contributed by atoms with Crippen LogP contribution < -0.4 is 10.1 Å². The Bertz CT molecular complexity index is 531. The van der Waals surface area contributed by atoms with Crippen LogP contribution in [0.5, 0.6) is 5.75 Å². The summed E-state index contributed by atoms with van der Waals surface area (Å²) in [5, 5.41) is 3.23. The van der Waals surface area contributed by atoms with Crippen molar-refractivity contribution < 1.29 is 9.13 Å². The van der Waals surface area contributed by atoms with Crippen LogP contribution in [-0.4, -0.2) is 19.1 Å². The van der Waals surface area contributed by atoms with Gasteiger partial charge in [0, 0.05) is 18.4 Å². The highest BCUT2D eigenvalue weighted by Crippen LogP contribution is 2.22. The summed E-state index contributed by atoms with van der Waals surface area (Å²) in [5.74, 6) is -0.0572. The number of pyridine rings is 1. The normalized spacial score (nSPS) is 12.2. The molecule has 19 heavy (non-hydrogen) atoms. The number of nitrogens with zero attached hydrogens (tertiary/aromatic N) is 1. The zero-order valence-electron chi connectivity index (χ0n) is 11.1. The number of aromatic nitrogens is 1. The molecule has 0 saturated heterocycles. The lowest BCUT2D eigenvalue weighted by molar-refractivity contribution is 0.386. The van der Waals surface area contributed by atoms with Crippen LogP contribution >= 0.6 is 0 Å². The zero-order valence-corrected chi connectivity index (χ0v) is 11.1. The van der Waals surface area contributed by atoms with Crippen LogP contribution in [0.1, 0.15) is 17.2 Å². The summed E-state index contributed by atoms with van der Waals surface area (Å²) in [6.45, 7) is 0. The second-order valence-electron chi connectivity index (χ2n) is 4.29. The van der Waals surface area contributed by atoms with Crippen molar-refractivity contribution in [3.05, 3.63) is 59.7 Å². The Morgan fingerprint density at radius 2 is 2.00 bits per heavy atom. The molecule has 0 spiro atoms. The predicted octanol–water partition coefficient (Wildman–Crippen LogP) is 2.73. The molecule has 0 amide bonds. The first-order chi connectivity index (χ1) is 9.24. The number of hydrogen-bond acceptors (Lipinski definition) is 3. The average molecular weight is 260 g/mol. The maximum absolute atomic E-state index is 13.7. The molecule has 0 aliphatic rings. The van der Waals surface area contributed by atoms with Gasteiger partial charge in [-0.2, -0.15) is 0 Å². The molecule has 0 aliphatic carbocycles. The molecule has 4 heteroatoms. The van der Waals surface area contributed by atoms with Crippen molar-refractivity contribution in [3.8, 4) is 5.75 Å². The van der Waals surface area contributed by atoms with Crippen molar-refractivity contribution in [2.45, 2.75) is 12.5 Å². The number of benzene rings is 1. The van der Waals surface area contributed by atoms with E-state index in [1.54, 1.807) is 18.5 Å². The Labute approximate surface area is 112 Å². The summed E-state index contributed by atoms with van der Waals surface area (Å²) in [7, 11) is 3.36. The molecule has 0 radical (unpaired) electrons. The average Bonchev–Trinajstić information content (AvgIpc) is 2.46. The van der Waals surface area contributed by atoms with E-state index in [0.29, 0.717) is 6.42 Å². The van der Waals surface area contributed by atoms with Gasteiger partial charge in [0.1, 0.15) is 0 Å². The fourth-order valence-corrected chi connectivity index (χ4v) is 2.05. The largest absolute Gasteiger partial charge is 0.494 e. The molecule has 1 unspecified atom stereocenters. The highest BCUT2D eigenvalue weighted by atomic mass is 19.1. The van der Waals surface area contributed by atoms with Gasteiger partial charge in [-0.25, -0.2) is 4.39 Å². The number of rotatable bonds is 5. The molecule has 1 N–H and O–H groups in total. The molecule has 1 heterocycles. The highest BCUT2D eigenvalue weighted by Gasteiger charge is 2.11. The number of ether oxygens (including phenoxy) is 1. The van der Waals surface area contributed by atoms with Gasteiger partial charge in [-0.05, 0) is 48.9 Å². The molecule has 0 saturated carbocycles. The topological polar surface area (TPSA) is 34.1 Å². The summed E-state index contributed by atoms with van der Waals surface area (Å²) in [6, 6.07) is 9.11. The molecule has 2 aromatic rings. The number of likely N-dealkylation sites (N-methyl/N-ethyl adjacent to an activating group) is 1. The number of nitrogens with one attached hydrogen (secondary N) is 1. The molecule has 2 rings (SSSR count). The summed E-state index contributed by atoms with van der Waals surface area (Å²) >= 11 is 0. The van der Waals surface area contributed by atoms with Crippen molar-refractivity contribution in [2.24, 2.45) is 0 Å². The van der Waals surface area contributed by atoms with E-state index in [1.165, 1.54) is 13.2 Å². The van der Waals surface area contributed by atoms with E-state index in [-0.39, 0.29) is 17.6 Å². The van der Waals surface area contributed by atoms with E-state index in [1.807, 2.05) is 25.2 Å². The molecule has 100 valence electrons. The molecular formula is C15H17FN2O. The lowest BCUT2D eigenvalue weighted by Crippen LogP contribution is -2.18. The van der Waals surface area contributed by atoms with Crippen LogP contribution in [0.3, 0.4) is 0 Å². The summed E-state index contributed by atoms with van der Waals surface area (Å²) in [6.07, 6.45) is 4.23. The Balaban J connectivity index is 2.17. The lowest BCUT2D eigenvalue weighted by atomic mass is 10.00. The third-order valence-electron chi connectivity index (χ3n) is 3.11. The van der Waals surface area contributed by atoms with Crippen molar-refractivity contribution in [2.75, 3.05) is 14.2 Å². The van der Waals surface area contributed by atoms with E-state index in [4.69, 9.17) is 4.74 Å². The Morgan fingerprint density at radius 3 is 2.58 bits per heavy atom. The maximum Gasteiger partial charge on any atom is 0.165 e. The van der Waals surface area contributed by atoms with Gasteiger partial charge >= 0.3 is 0 Å². The van der Waals surface area contributed by atoms with E-state index in [0.717, 1.165) is 11.1 Å². The molecule has 3 nitrogen and oxygen atoms in total. The fraction of sp³-hybridized carbons (Fsp3) is 0.267. The van der Waals surface area contributed by atoms with Crippen molar-refractivity contribution in [1.29, 1.82) is 0 Å². The Hall–Kier alpha value is -1.94. The molecular weight excluding hydrogens is 243 g/mol. The SMILES string of the molecule is CNC(Cc1ccc(OC)c(F)c1)c1ccncc1. The first-order valence-corrected chi connectivity index (χ1v) is 6.14. The third kappa shape index (κ3) is 3.29. The summed E-state index contributed by atoms with van der Waals surface area (Å²) < 4.78 is 18.6. The van der Waals surface area contributed by atoms with Gasteiger partial charge in [0.15, 0.2) is 11.6 Å². The van der Waals surface area contributed by atoms with Gasteiger partial charge in [-0.15, -0.1) is 0 Å². The second kappa shape index (κ2) is 6.29. The van der Waals surface area contributed by atoms with Crippen molar-refractivity contribution in [3.63, 3.8) is 0 Å². The first-order valence-electron chi connectivity index (χ1n) is 6.14. The van der Waals surface area contributed by atoms with Gasteiger partial charge in [0.2, 0.25) is 0 Å². The predicted molar refractivity (Wildman–Crippen MR) is 72.7 cm³/mol. The minimum absolute atomic E-state index is 0.135. The highest BCUT2D eigenvalue weighted by molar-refractivity contribution is 5.30. The van der Waals surface area contributed by atoms with Crippen LogP contribution in [0.2, 0.25) is 0 Å². The van der Waals surface area contributed by atoms with E-state index < -0.39 is 0 Å². The van der Waals surface area contributed by atoms with Crippen LogP contribution in [-0.2, 0) is 6.42 Å². The zero-order chi connectivity index (χ0) is 13.7. The van der Waals surface area contributed by atoms with Crippen LogP contribution in [0.15, 0.2) is 42.7 Å². The number of hydrogen-bond donors (Lipinski definition) is 1.